The third-order valence-corrected chi connectivity index (χ3v) is 6.12. The van der Waals surface area contributed by atoms with E-state index in [1.165, 1.54) is 0 Å². The van der Waals surface area contributed by atoms with E-state index < -0.39 is 11.5 Å². The number of piperidine rings is 1. The van der Waals surface area contributed by atoms with Gasteiger partial charge in [-0.2, -0.15) is 0 Å². The number of carbonyl (C=O) groups is 3. The number of ether oxygens (including phenoxy) is 1. The maximum Gasteiger partial charge on any atom is 0.293 e. The summed E-state index contributed by atoms with van der Waals surface area (Å²) in [4.78, 5) is 51.3. The van der Waals surface area contributed by atoms with Crippen LogP contribution < -0.4 is 26.8 Å². The van der Waals surface area contributed by atoms with E-state index >= 15 is 0 Å². The van der Waals surface area contributed by atoms with Crippen LogP contribution in [0.3, 0.4) is 0 Å². The predicted molar refractivity (Wildman–Crippen MR) is 133 cm³/mol. The lowest BCUT2D eigenvalue weighted by Gasteiger charge is -2.30. The van der Waals surface area contributed by atoms with Gasteiger partial charge in [0.15, 0.2) is 0 Å². The van der Waals surface area contributed by atoms with Crippen LogP contribution in [0, 0.1) is 5.92 Å². The van der Waals surface area contributed by atoms with E-state index in [0.717, 1.165) is 24.0 Å². The Bertz CT molecular complexity index is 1290. The van der Waals surface area contributed by atoms with Crippen molar-refractivity contribution in [2.75, 3.05) is 37.3 Å². The van der Waals surface area contributed by atoms with Crippen LogP contribution in [-0.4, -0.2) is 56.1 Å². The van der Waals surface area contributed by atoms with E-state index in [1.807, 2.05) is 18.2 Å². The molecule has 1 aliphatic heterocycles. The number of anilines is 2. The normalized spacial score (nSPS) is 17.4. The zero-order valence-corrected chi connectivity index (χ0v) is 19.2. The number of hydrogen-bond acceptors (Lipinski definition) is 7. The number of hydrogen-bond donors (Lipinski definition) is 5. The highest BCUT2D eigenvalue weighted by Crippen LogP contribution is 2.21. The third-order valence-electron chi connectivity index (χ3n) is 6.12. The van der Waals surface area contributed by atoms with Gasteiger partial charge < -0.3 is 31.0 Å². The van der Waals surface area contributed by atoms with Gasteiger partial charge in [0.25, 0.3) is 23.8 Å². The number of benzene rings is 2. The summed E-state index contributed by atoms with van der Waals surface area (Å²) in [5.74, 6) is -0.780. The maximum atomic E-state index is 12.7. The number of amides is 2. The topological polar surface area (TPSA) is 141 Å². The SMILES string of the molecule is CNc1cccc2cc(C(=O)Nc3ccc(C(=O)NCC4CCNCC4OC=O)cc3)c(=O)[nH]c12. The summed E-state index contributed by atoms with van der Waals surface area (Å²) in [5, 5.41) is 12.5. The van der Waals surface area contributed by atoms with Crippen LogP contribution in [0.5, 0.6) is 0 Å². The summed E-state index contributed by atoms with van der Waals surface area (Å²) >= 11 is 0. The smallest absolute Gasteiger partial charge is 0.293 e. The Hall–Kier alpha value is -4.18. The number of nitrogens with one attached hydrogen (secondary N) is 5. The quantitative estimate of drug-likeness (QED) is 0.311. The summed E-state index contributed by atoms with van der Waals surface area (Å²) < 4.78 is 5.10. The molecule has 0 saturated carbocycles. The lowest BCUT2D eigenvalue weighted by molar-refractivity contribution is -0.136. The molecule has 5 N–H and O–H groups in total. The molecule has 1 fully saturated rings. The molecule has 2 heterocycles. The lowest BCUT2D eigenvalue weighted by Crippen LogP contribution is -2.46. The van der Waals surface area contributed by atoms with Gasteiger partial charge in [0.05, 0.1) is 11.2 Å². The lowest BCUT2D eigenvalue weighted by atomic mass is 9.95. The number of para-hydroxylation sites is 1. The molecule has 35 heavy (non-hydrogen) atoms. The van der Waals surface area contributed by atoms with Gasteiger partial charge in [-0.15, -0.1) is 0 Å². The van der Waals surface area contributed by atoms with Gasteiger partial charge in [0, 0.05) is 42.7 Å². The number of pyridine rings is 1. The molecule has 10 heteroatoms. The highest BCUT2D eigenvalue weighted by Gasteiger charge is 2.26. The summed E-state index contributed by atoms with van der Waals surface area (Å²) in [6, 6.07) is 13.4. The average Bonchev–Trinajstić information content (AvgIpc) is 2.87. The molecule has 2 aromatic carbocycles. The Morgan fingerprint density at radius 1 is 1.14 bits per heavy atom. The van der Waals surface area contributed by atoms with E-state index in [4.69, 9.17) is 4.74 Å². The largest absolute Gasteiger partial charge is 0.463 e. The first kappa shape index (κ1) is 24.0. The zero-order valence-electron chi connectivity index (χ0n) is 19.2. The van der Waals surface area contributed by atoms with Crippen molar-refractivity contribution in [3.05, 3.63) is 70.0 Å². The summed E-state index contributed by atoms with van der Waals surface area (Å²) in [6.45, 7) is 2.18. The molecule has 182 valence electrons. The standard InChI is InChI=1S/C25H27N5O5/c1-26-20-4-2-3-16-11-19(25(34)30-22(16)20)24(33)29-18-7-5-15(6-8-18)23(32)28-12-17-9-10-27-13-21(17)35-14-31/h2-8,11,14,17,21,26-27H,9-10,12-13H2,1H3,(H,28,32)(H,29,33)(H,30,34). The number of fused-ring (bicyclic) bond motifs is 1. The van der Waals surface area contributed by atoms with Crippen LogP contribution in [0.15, 0.2) is 53.3 Å². The van der Waals surface area contributed by atoms with Crippen molar-refractivity contribution >= 4 is 40.6 Å². The molecule has 2 atom stereocenters. The molecule has 0 bridgehead atoms. The summed E-state index contributed by atoms with van der Waals surface area (Å²) in [6.07, 6.45) is 0.510. The molecule has 1 saturated heterocycles. The van der Waals surface area contributed by atoms with Gasteiger partial charge >= 0.3 is 0 Å². The second-order valence-electron chi connectivity index (χ2n) is 8.30. The van der Waals surface area contributed by atoms with Crippen LogP contribution in [0.1, 0.15) is 27.1 Å². The van der Waals surface area contributed by atoms with Crippen LogP contribution in [0.25, 0.3) is 10.9 Å². The Labute approximate surface area is 201 Å². The highest BCUT2D eigenvalue weighted by atomic mass is 16.5. The first-order valence-corrected chi connectivity index (χ1v) is 11.3. The van der Waals surface area contributed by atoms with Crippen molar-refractivity contribution in [1.82, 2.24) is 15.6 Å². The van der Waals surface area contributed by atoms with Gasteiger partial charge in [-0.05, 0) is 49.4 Å². The van der Waals surface area contributed by atoms with Crippen LogP contribution in [-0.2, 0) is 9.53 Å². The molecule has 0 aliphatic carbocycles. The Morgan fingerprint density at radius 2 is 1.94 bits per heavy atom. The van der Waals surface area contributed by atoms with Crippen molar-refractivity contribution in [2.24, 2.45) is 5.92 Å². The molecule has 1 aliphatic rings. The molecule has 0 radical (unpaired) electrons. The first-order chi connectivity index (χ1) is 17.0. The van der Waals surface area contributed by atoms with Crippen LogP contribution in [0.4, 0.5) is 11.4 Å². The number of H-pyrrole nitrogens is 1. The number of aromatic amines is 1. The fraction of sp³-hybridized carbons (Fsp3) is 0.280. The number of carbonyl (C=O) groups excluding carboxylic acids is 3. The molecule has 3 aromatic rings. The second-order valence-corrected chi connectivity index (χ2v) is 8.30. The Kier molecular flexibility index (Phi) is 7.41. The van der Waals surface area contributed by atoms with Crippen LogP contribution >= 0.6 is 0 Å². The molecule has 1 aromatic heterocycles. The molecular weight excluding hydrogens is 450 g/mol. The summed E-state index contributed by atoms with van der Waals surface area (Å²) in [7, 11) is 1.75. The van der Waals surface area contributed by atoms with Gasteiger partial charge in [-0.1, -0.05) is 12.1 Å². The molecular formula is C25H27N5O5. The van der Waals surface area contributed by atoms with Crippen molar-refractivity contribution in [1.29, 1.82) is 0 Å². The molecule has 10 nitrogen and oxygen atoms in total. The molecule has 4 rings (SSSR count). The fourth-order valence-electron chi connectivity index (χ4n) is 4.19. The van der Waals surface area contributed by atoms with E-state index in [9.17, 15) is 19.2 Å². The third kappa shape index (κ3) is 5.49. The molecule has 2 amide bonds. The number of aromatic nitrogens is 1. The maximum absolute atomic E-state index is 12.7. The fourth-order valence-corrected chi connectivity index (χ4v) is 4.19. The van der Waals surface area contributed by atoms with Crippen molar-refractivity contribution < 1.29 is 19.1 Å². The Morgan fingerprint density at radius 3 is 2.69 bits per heavy atom. The second kappa shape index (κ2) is 10.8. The van der Waals surface area contributed by atoms with Crippen molar-refractivity contribution in [3.63, 3.8) is 0 Å². The van der Waals surface area contributed by atoms with Gasteiger partial charge in [-0.3, -0.25) is 19.2 Å². The Balaban J connectivity index is 1.39. The highest BCUT2D eigenvalue weighted by molar-refractivity contribution is 6.06. The minimum atomic E-state index is -0.549. The zero-order chi connectivity index (χ0) is 24.8. The number of rotatable bonds is 8. The van der Waals surface area contributed by atoms with Crippen molar-refractivity contribution in [3.8, 4) is 0 Å². The van der Waals surface area contributed by atoms with Gasteiger partial charge in [-0.25, -0.2) is 0 Å². The monoisotopic (exact) mass is 477 g/mol. The van der Waals surface area contributed by atoms with Crippen LogP contribution in [0.2, 0.25) is 0 Å². The van der Waals surface area contributed by atoms with Gasteiger partial charge in [0.2, 0.25) is 0 Å². The molecule has 0 spiro atoms. The average molecular weight is 478 g/mol. The van der Waals surface area contributed by atoms with E-state index in [1.54, 1.807) is 37.4 Å². The first-order valence-electron chi connectivity index (χ1n) is 11.3. The van der Waals surface area contributed by atoms with Crippen molar-refractivity contribution in [2.45, 2.75) is 12.5 Å². The minimum absolute atomic E-state index is 0.0124. The van der Waals surface area contributed by atoms with E-state index in [0.29, 0.717) is 36.3 Å². The van der Waals surface area contributed by atoms with E-state index in [-0.39, 0.29) is 23.5 Å². The van der Waals surface area contributed by atoms with E-state index in [2.05, 4.69) is 26.3 Å². The minimum Gasteiger partial charge on any atom is -0.463 e. The summed E-state index contributed by atoms with van der Waals surface area (Å²) in [5.41, 5.74) is 1.75. The van der Waals surface area contributed by atoms with Gasteiger partial charge in [0.1, 0.15) is 11.7 Å². The predicted octanol–water partition coefficient (Wildman–Crippen LogP) is 1.70. The molecule has 2 unspecified atom stereocenters.